The third-order valence-electron chi connectivity index (χ3n) is 3.33. The molecule has 1 aliphatic rings. The Hall–Kier alpha value is -0.540. The summed E-state index contributed by atoms with van der Waals surface area (Å²) in [5.41, 5.74) is 0.595. The van der Waals surface area contributed by atoms with Crippen molar-refractivity contribution in [2.24, 2.45) is 5.92 Å². The molecule has 1 aromatic carbocycles. The van der Waals surface area contributed by atoms with Gasteiger partial charge in [0.25, 0.3) is 5.91 Å². The lowest BCUT2D eigenvalue weighted by Crippen LogP contribution is -2.28. The summed E-state index contributed by atoms with van der Waals surface area (Å²) in [7, 11) is 0. The zero-order valence-electron chi connectivity index (χ0n) is 9.75. The van der Waals surface area contributed by atoms with Gasteiger partial charge in [0, 0.05) is 17.6 Å². The first-order valence-corrected chi connectivity index (χ1v) is 7.03. The molecule has 0 N–H and O–H groups in total. The van der Waals surface area contributed by atoms with Gasteiger partial charge in [0.15, 0.2) is 0 Å². The van der Waals surface area contributed by atoms with Gasteiger partial charge in [-0.1, -0.05) is 31.0 Å². The molecule has 0 aliphatic carbocycles. The largest absolute Gasteiger partial charge is 0.338 e. The van der Waals surface area contributed by atoms with Crippen LogP contribution in [0.15, 0.2) is 22.7 Å². The van der Waals surface area contributed by atoms with Gasteiger partial charge in [-0.05, 0) is 40.4 Å². The summed E-state index contributed by atoms with van der Waals surface area (Å²) in [5, 5.41) is 0.512. The summed E-state index contributed by atoms with van der Waals surface area (Å²) in [6.45, 7) is 3.88. The topological polar surface area (TPSA) is 20.3 Å². The van der Waals surface area contributed by atoms with Crippen LogP contribution in [0.4, 0.5) is 0 Å². The molecule has 2 nitrogen and oxygen atoms in total. The lowest BCUT2D eigenvalue weighted by Gasteiger charge is -2.17. The zero-order valence-corrected chi connectivity index (χ0v) is 12.1. The SMILES string of the molecule is CCC1CCN(C(=O)c2cccc(Br)c2Cl)C1. The van der Waals surface area contributed by atoms with Crippen LogP contribution in [0.2, 0.25) is 5.02 Å². The number of carbonyl (C=O) groups is 1. The molecule has 1 unspecified atom stereocenters. The first kappa shape index (κ1) is 12.9. The minimum Gasteiger partial charge on any atom is -0.338 e. The van der Waals surface area contributed by atoms with Crippen molar-refractivity contribution in [3.63, 3.8) is 0 Å². The number of hydrogen-bond acceptors (Lipinski definition) is 1. The maximum Gasteiger partial charge on any atom is 0.255 e. The Labute approximate surface area is 115 Å². The predicted octanol–water partition coefficient (Wildman–Crippen LogP) is 3.97. The van der Waals surface area contributed by atoms with Crippen molar-refractivity contribution in [1.29, 1.82) is 0 Å². The van der Waals surface area contributed by atoms with E-state index in [1.807, 2.05) is 17.0 Å². The highest BCUT2D eigenvalue weighted by Gasteiger charge is 2.27. The first-order chi connectivity index (χ1) is 8.13. The number of benzene rings is 1. The third kappa shape index (κ3) is 2.66. The number of hydrogen-bond donors (Lipinski definition) is 0. The molecule has 0 spiro atoms. The van der Waals surface area contributed by atoms with Gasteiger partial charge in [-0.25, -0.2) is 0 Å². The quantitative estimate of drug-likeness (QED) is 0.808. The Morgan fingerprint density at radius 2 is 2.35 bits per heavy atom. The summed E-state index contributed by atoms with van der Waals surface area (Å²) in [6.07, 6.45) is 2.24. The van der Waals surface area contributed by atoms with Crippen LogP contribution >= 0.6 is 27.5 Å². The average molecular weight is 317 g/mol. The van der Waals surface area contributed by atoms with E-state index in [0.717, 1.165) is 30.4 Å². The lowest BCUT2D eigenvalue weighted by atomic mass is 10.1. The van der Waals surface area contributed by atoms with Crippen molar-refractivity contribution < 1.29 is 4.79 Å². The predicted molar refractivity (Wildman–Crippen MR) is 73.5 cm³/mol. The monoisotopic (exact) mass is 315 g/mol. The van der Waals surface area contributed by atoms with E-state index in [0.29, 0.717) is 16.5 Å². The number of amides is 1. The van der Waals surface area contributed by atoms with Gasteiger partial charge in [0.1, 0.15) is 0 Å². The molecule has 1 heterocycles. The summed E-state index contributed by atoms with van der Waals surface area (Å²) < 4.78 is 0.774. The molecule has 92 valence electrons. The molecular formula is C13H15BrClNO. The Balaban J connectivity index is 2.18. The highest BCUT2D eigenvalue weighted by atomic mass is 79.9. The summed E-state index contributed by atoms with van der Waals surface area (Å²) in [6, 6.07) is 5.48. The maximum absolute atomic E-state index is 12.3. The maximum atomic E-state index is 12.3. The fourth-order valence-electron chi connectivity index (χ4n) is 2.19. The molecule has 1 fully saturated rings. The first-order valence-electron chi connectivity index (χ1n) is 5.86. The van der Waals surface area contributed by atoms with Gasteiger partial charge < -0.3 is 4.90 Å². The van der Waals surface area contributed by atoms with Crippen LogP contribution in [0, 0.1) is 5.92 Å². The van der Waals surface area contributed by atoms with Crippen molar-refractivity contribution >= 4 is 33.4 Å². The third-order valence-corrected chi connectivity index (χ3v) is 4.63. The molecule has 4 heteroatoms. The van der Waals surface area contributed by atoms with Gasteiger partial charge in [-0.15, -0.1) is 0 Å². The fourth-order valence-corrected chi connectivity index (χ4v) is 2.76. The van der Waals surface area contributed by atoms with Crippen molar-refractivity contribution in [2.75, 3.05) is 13.1 Å². The number of rotatable bonds is 2. The second-order valence-electron chi connectivity index (χ2n) is 4.42. The molecular weight excluding hydrogens is 302 g/mol. The second-order valence-corrected chi connectivity index (χ2v) is 5.65. The van der Waals surface area contributed by atoms with E-state index >= 15 is 0 Å². The number of nitrogens with zero attached hydrogens (tertiary/aromatic N) is 1. The minimum absolute atomic E-state index is 0.0484. The summed E-state index contributed by atoms with van der Waals surface area (Å²) >= 11 is 9.49. The van der Waals surface area contributed by atoms with Gasteiger partial charge >= 0.3 is 0 Å². The van der Waals surface area contributed by atoms with Crippen LogP contribution in [-0.2, 0) is 0 Å². The van der Waals surface area contributed by atoms with E-state index in [4.69, 9.17) is 11.6 Å². The second kappa shape index (κ2) is 5.40. The fraction of sp³-hybridized carbons (Fsp3) is 0.462. The van der Waals surface area contributed by atoms with Gasteiger partial charge in [-0.2, -0.15) is 0 Å². The van der Waals surface area contributed by atoms with Crippen LogP contribution in [0.25, 0.3) is 0 Å². The minimum atomic E-state index is 0.0484. The van der Waals surface area contributed by atoms with Gasteiger partial charge in [0.05, 0.1) is 10.6 Å². The molecule has 0 aromatic heterocycles. The molecule has 0 radical (unpaired) electrons. The van der Waals surface area contributed by atoms with Gasteiger partial charge in [0.2, 0.25) is 0 Å². The van der Waals surface area contributed by atoms with E-state index in [1.165, 1.54) is 0 Å². The molecule has 0 saturated carbocycles. The lowest BCUT2D eigenvalue weighted by molar-refractivity contribution is 0.0787. The van der Waals surface area contributed by atoms with E-state index in [9.17, 15) is 4.79 Å². The van der Waals surface area contributed by atoms with Crippen LogP contribution in [0.3, 0.4) is 0 Å². The highest BCUT2D eigenvalue weighted by Crippen LogP contribution is 2.29. The van der Waals surface area contributed by atoms with E-state index in [2.05, 4.69) is 22.9 Å². The molecule has 1 aromatic rings. The van der Waals surface area contributed by atoms with Crippen LogP contribution in [0.5, 0.6) is 0 Å². The molecule has 2 rings (SSSR count). The molecule has 17 heavy (non-hydrogen) atoms. The van der Waals surface area contributed by atoms with Crippen molar-refractivity contribution in [3.05, 3.63) is 33.3 Å². The standard InChI is InChI=1S/C13H15BrClNO/c1-2-9-6-7-16(8-9)13(17)10-4-3-5-11(14)12(10)15/h3-5,9H,2,6-8H2,1H3. The Kier molecular flexibility index (Phi) is 4.10. The summed E-state index contributed by atoms with van der Waals surface area (Å²) in [5.74, 6) is 0.692. The molecule has 1 amide bonds. The highest BCUT2D eigenvalue weighted by molar-refractivity contribution is 9.10. The Bertz CT molecular complexity index is 435. The van der Waals surface area contributed by atoms with Crippen molar-refractivity contribution in [3.8, 4) is 0 Å². The van der Waals surface area contributed by atoms with Crippen molar-refractivity contribution in [1.82, 2.24) is 4.90 Å². The smallest absolute Gasteiger partial charge is 0.255 e. The van der Waals surface area contributed by atoms with Crippen molar-refractivity contribution in [2.45, 2.75) is 19.8 Å². The molecule has 1 atom stereocenters. The van der Waals surface area contributed by atoms with Gasteiger partial charge in [-0.3, -0.25) is 4.79 Å². The average Bonchev–Trinajstić information content (AvgIpc) is 2.80. The number of carbonyl (C=O) groups excluding carboxylic acids is 1. The normalized spacial score (nSPS) is 19.7. The van der Waals surface area contributed by atoms with Crippen LogP contribution < -0.4 is 0 Å². The molecule has 1 aliphatic heterocycles. The zero-order chi connectivity index (χ0) is 12.4. The Morgan fingerprint density at radius 1 is 1.59 bits per heavy atom. The van der Waals surface area contributed by atoms with Crippen LogP contribution in [0.1, 0.15) is 30.1 Å². The van der Waals surface area contributed by atoms with E-state index in [-0.39, 0.29) is 5.91 Å². The van der Waals surface area contributed by atoms with E-state index < -0.39 is 0 Å². The number of halogens is 2. The number of likely N-dealkylation sites (tertiary alicyclic amines) is 1. The van der Waals surface area contributed by atoms with Crippen LogP contribution in [-0.4, -0.2) is 23.9 Å². The summed E-state index contributed by atoms with van der Waals surface area (Å²) in [4.78, 5) is 14.2. The van der Waals surface area contributed by atoms with E-state index in [1.54, 1.807) is 6.07 Å². The Morgan fingerprint density at radius 3 is 3.00 bits per heavy atom. The molecule has 1 saturated heterocycles. The molecule has 0 bridgehead atoms.